The summed E-state index contributed by atoms with van der Waals surface area (Å²) in [6.45, 7) is 7.54. The summed E-state index contributed by atoms with van der Waals surface area (Å²) in [6.07, 6.45) is 2.33. The lowest BCUT2D eigenvalue weighted by atomic mass is 10.0. The second kappa shape index (κ2) is 5.33. The van der Waals surface area contributed by atoms with E-state index in [1.165, 1.54) is 12.8 Å². The molecule has 1 saturated carbocycles. The van der Waals surface area contributed by atoms with Gasteiger partial charge >= 0.3 is 0 Å². The van der Waals surface area contributed by atoms with Crippen LogP contribution in [-0.4, -0.2) is 8.96 Å². The summed E-state index contributed by atoms with van der Waals surface area (Å²) >= 11 is 0. The Labute approximate surface area is 117 Å². The first-order valence-electron chi connectivity index (χ1n) is 6.76. The van der Waals surface area contributed by atoms with Crippen LogP contribution >= 0.6 is 0 Å². The van der Waals surface area contributed by atoms with Crippen LogP contribution in [0.3, 0.4) is 0 Å². The summed E-state index contributed by atoms with van der Waals surface area (Å²) in [5.41, 5.74) is 1.67. The van der Waals surface area contributed by atoms with Gasteiger partial charge in [-0.15, -0.1) is 0 Å². The monoisotopic (exact) mass is 283 g/mol. The summed E-state index contributed by atoms with van der Waals surface area (Å²) in [4.78, 5) is 0. The summed E-state index contributed by atoms with van der Waals surface area (Å²) in [6, 6.07) is 5.19. The Balaban J connectivity index is 2.10. The lowest BCUT2D eigenvalue weighted by Crippen LogP contribution is -2.35. The number of nitrogens with one attached hydrogen (secondary N) is 1. The van der Waals surface area contributed by atoms with Crippen LogP contribution in [0.1, 0.15) is 63.6 Å². The maximum Gasteiger partial charge on any atom is 0.128 e. The predicted octanol–water partition coefficient (Wildman–Crippen LogP) is 3.82. The summed E-state index contributed by atoms with van der Waals surface area (Å²) in [5.74, 6) is 0.353. The Morgan fingerprint density at radius 2 is 2.00 bits per heavy atom. The van der Waals surface area contributed by atoms with Crippen LogP contribution in [0.4, 0.5) is 4.39 Å². The highest BCUT2D eigenvalue weighted by Gasteiger charge is 2.26. The quantitative estimate of drug-likeness (QED) is 0.894. The molecule has 1 aliphatic rings. The number of halogens is 1. The maximum atomic E-state index is 14.1. The Morgan fingerprint density at radius 3 is 2.47 bits per heavy atom. The van der Waals surface area contributed by atoms with Crippen LogP contribution in [-0.2, 0) is 11.0 Å². The van der Waals surface area contributed by atoms with E-state index < -0.39 is 11.0 Å². The first kappa shape index (κ1) is 14.7. The molecule has 2 nitrogen and oxygen atoms in total. The van der Waals surface area contributed by atoms with Crippen LogP contribution < -0.4 is 4.72 Å². The molecule has 4 heteroatoms. The van der Waals surface area contributed by atoms with E-state index >= 15 is 0 Å². The zero-order valence-electron chi connectivity index (χ0n) is 12.0. The molecule has 1 aromatic carbocycles. The topological polar surface area (TPSA) is 29.1 Å². The van der Waals surface area contributed by atoms with E-state index in [0.717, 1.165) is 5.56 Å². The Kier molecular flexibility index (Phi) is 4.11. The van der Waals surface area contributed by atoms with Crippen molar-refractivity contribution >= 4 is 11.0 Å². The molecule has 0 aliphatic heterocycles. The third kappa shape index (κ3) is 3.63. The first-order chi connectivity index (χ1) is 8.79. The van der Waals surface area contributed by atoms with Gasteiger partial charge in [0.15, 0.2) is 0 Å². The molecule has 1 aliphatic carbocycles. The van der Waals surface area contributed by atoms with Gasteiger partial charge in [0.25, 0.3) is 0 Å². The van der Waals surface area contributed by atoms with E-state index in [1.54, 1.807) is 6.07 Å². The van der Waals surface area contributed by atoms with Gasteiger partial charge in [-0.25, -0.2) is 13.3 Å². The molecule has 2 rings (SSSR count). The minimum Gasteiger partial charge on any atom is -0.242 e. The van der Waals surface area contributed by atoms with Crippen molar-refractivity contribution in [2.24, 2.45) is 0 Å². The van der Waals surface area contributed by atoms with E-state index in [1.807, 2.05) is 39.8 Å². The number of rotatable bonds is 4. The lowest BCUT2D eigenvalue weighted by molar-refractivity contribution is 0.570. The van der Waals surface area contributed by atoms with Gasteiger partial charge in [0.05, 0.1) is 15.7 Å². The van der Waals surface area contributed by atoms with E-state index in [0.29, 0.717) is 11.5 Å². The molecule has 1 aromatic rings. The van der Waals surface area contributed by atoms with Gasteiger partial charge in [0.2, 0.25) is 0 Å². The molecule has 0 spiro atoms. The van der Waals surface area contributed by atoms with E-state index in [-0.39, 0.29) is 16.6 Å². The maximum absolute atomic E-state index is 14.1. The van der Waals surface area contributed by atoms with Crippen LogP contribution in [0.2, 0.25) is 0 Å². The van der Waals surface area contributed by atoms with Crippen molar-refractivity contribution in [2.45, 2.75) is 57.2 Å². The van der Waals surface area contributed by atoms with Crippen molar-refractivity contribution in [1.82, 2.24) is 4.72 Å². The third-order valence-corrected chi connectivity index (χ3v) is 5.06. The second-order valence-corrected chi connectivity index (χ2v) is 8.27. The Bertz CT molecular complexity index is 491. The van der Waals surface area contributed by atoms with Gasteiger partial charge < -0.3 is 0 Å². The normalized spacial score (nSPS) is 19.2. The average molecular weight is 283 g/mol. The van der Waals surface area contributed by atoms with E-state index in [9.17, 15) is 8.60 Å². The van der Waals surface area contributed by atoms with Gasteiger partial charge in [-0.3, -0.25) is 0 Å². The zero-order chi connectivity index (χ0) is 14.2. The van der Waals surface area contributed by atoms with Crippen molar-refractivity contribution < 1.29 is 8.60 Å². The van der Waals surface area contributed by atoms with Gasteiger partial charge in [-0.05, 0) is 58.1 Å². The molecule has 2 atom stereocenters. The molecule has 0 bridgehead atoms. The lowest BCUT2D eigenvalue weighted by Gasteiger charge is -2.22. The molecule has 1 fully saturated rings. The molecule has 0 heterocycles. The van der Waals surface area contributed by atoms with Crippen molar-refractivity contribution in [3.63, 3.8) is 0 Å². The van der Waals surface area contributed by atoms with E-state index in [2.05, 4.69) is 4.72 Å². The SMILES string of the molecule is C[C@H](N[S@@](=O)C(C)(C)C)c1ccc(C2CC2)cc1F. The van der Waals surface area contributed by atoms with Crippen LogP contribution in [0, 0.1) is 5.82 Å². The Hall–Kier alpha value is -0.740. The fourth-order valence-corrected chi connectivity index (χ4v) is 2.77. The zero-order valence-corrected chi connectivity index (χ0v) is 12.8. The van der Waals surface area contributed by atoms with Crippen LogP contribution in [0.25, 0.3) is 0 Å². The van der Waals surface area contributed by atoms with Gasteiger partial charge in [-0.2, -0.15) is 0 Å². The van der Waals surface area contributed by atoms with Crippen molar-refractivity contribution in [3.05, 3.63) is 35.1 Å². The standard InChI is InChI=1S/C15H22FNOS/c1-10(17-19(18)15(2,3)4)13-8-7-12(9-14(13)16)11-5-6-11/h7-11,17H,5-6H2,1-4H3/t10-,19-/m0/s1. The number of benzene rings is 1. The van der Waals surface area contributed by atoms with Crippen molar-refractivity contribution in [2.75, 3.05) is 0 Å². The highest BCUT2D eigenvalue weighted by Crippen LogP contribution is 2.40. The predicted molar refractivity (Wildman–Crippen MR) is 77.8 cm³/mol. The van der Waals surface area contributed by atoms with Crippen molar-refractivity contribution in [3.8, 4) is 0 Å². The fourth-order valence-electron chi connectivity index (χ4n) is 1.97. The molecular weight excluding hydrogens is 261 g/mol. The fraction of sp³-hybridized carbons (Fsp3) is 0.600. The first-order valence-corrected chi connectivity index (χ1v) is 7.91. The molecule has 0 amide bonds. The highest BCUT2D eigenvalue weighted by molar-refractivity contribution is 7.84. The molecule has 0 aromatic heterocycles. The summed E-state index contributed by atoms with van der Waals surface area (Å²) in [7, 11) is -1.19. The molecular formula is C15H22FNOS. The summed E-state index contributed by atoms with van der Waals surface area (Å²) in [5, 5.41) is 0. The molecule has 1 N–H and O–H groups in total. The molecule has 0 radical (unpaired) electrons. The largest absolute Gasteiger partial charge is 0.242 e. The Morgan fingerprint density at radius 1 is 1.37 bits per heavy atom. The van der Waals surface area contributed by atoms with E-state index in [4.69, 9.17) is 0 Å². The average Bonchev–Trinajstić information content (AvgIpc) is 3.10. The highest BCUT2D eigenvalue weighted by atomic mass is 32.2. The van der Waals surface area contributed by atoms with Gasteiger partial charge in [0.1, 0.15) is 5.82 Å². The molecule has 106 valence electrons. The second-order valence-electron chi connectivity index (χ2n) is 6.28. The van der Waals surface area contributed by atoms with Gasteiger partial charge in [0, 0.05) is 11.6 Å². The minimum absolute atomic E-state index is 0.199. The van der Waals surface area contributed by atoms with Gasteiger partial charge in [-0.1, -0.05) is 12.1 Å². The number of hydrogen-bond donors (Lipinski definition) is 1. The molecule has 19 heavy (non-hydrogen) atoms. The van der Waals surface area contributed by atoms with Crippen LogP contribution in [0.15, 0.2) is 18.2 Å². The van der Waals surface area contributed by atoms with Crippen LogP contribution in [0.5, 0.6) is 0 Å². The summed E-state index contributed by atoms with van der Waals surface area (Å²) < 4.78 is 28.7. The minimum atomic E-state index is -1.19. The molecule has 0 saturated heterocycles. The third-order valence-electron chi connectivity index (χ3n) is 3.38. The smallest absolute Gasteiger partial charge is 0.128 e. The molecule has 0 unspecified atom stereocenters. The van der Waals surface area contributed by atoms with Crippen molar-refractivity contribution in [1.29, 1.82) is 0 Å². The number of hydrogen-bond acceptors (Lipinski definition) is 1.